The van der Waals surface area contributed by atoms with E-state index in [1.165, 1.54) is 0 Å². The molecule has 0 rings (SSSR count). The van der Waals surface area contributed by atoms with Gasteiger partial charge in [0.25, 0.3) is 0 Å². The summed E-state index contributed by atoms with van der Waals surface area (Å²) in [5, 5.41) is 0. The zero-order valence-electron chi connectivity index (χ0n) is 4.80. The van der Waals surface area contributed by atoms with Gasteiger partial charge in [-0.25, -0.2) is 0 Å². The molecule has 0 saturated heterocycles. The van der Waals surface area contributed by atoms with Gasteiger partial charge in [-0.1, -0.05) is 0 Å². The molecule has 0 saturated carbocycles. The first kappa shape index (κ1) is 14.9. The normalized spacial score (nSPS) is 12.9. The van der Waals surface area contributed by atoms with Gasteiger partial charge in [-0.3, -0.25) is 0 Å². The van der Waals surface area contributed by atoms with E-state index in [9.17, 15) is 28.7 Å². The van der Waals surface area contributed by atoms with E-state index in [1.54, 1.807) is 0 Å². The average molecular weight is 325 g/mol. The number of halogens is 1. The Morgan fingerprint density at radius 3 is 1.18 bits per heavy atom. The Kier molecular flexibility index (Phi) is 6.19. The van der Waals surface area contributed by atoms with Crippen molar-refractivity contribution in [3.8, 4) is 0 Å². The van der Waals surface area contributed by atoms with Crippen molar-refractivity contribution in [1.82, 2.24) is 0 Å². The summed E-state index contributed by atoms with van der Waals surface area (Å²) >= 11 is 4.46. The summed E-state index contributed by atoms with van der Waals surface area (Å²) in [6, 6.07) is 0. The Morgan fingerprint density at radius 1 is 1.00 bits per heavy atom. The van der Waals surface area contributed by atoms with E-state index in [0.29, 0.717) is 0 Å². The van der Waals surface area contributed by atoms with Crippen LogP contribution in [0, 0.1) is 0 Å². The first-order chi connectivity index (χ1) is 4.15. The van der Waals surface area contributed by atoms with E-state index in [2.05, 4.69) is 11.6 Å². The topological polar surface area (TPSA) is 126 Å². The summed E-state index contributed by atoms with van der Waals surface area (Å²) < 4.78 is 19.5. The van der Waals surface area contributed by atoms with Crippen LogP contribution >= 0.6 is 26.8 Å². The molecule has 0 atom stereocenters. The maximum Gasteiger partial charge on any atom is 4.00 e. The van der Waals surface area contributed by atoms with Crippen LogP contribution in [0.2, 0.25) is 0 Å². The molecular formula is CHClO6P2Sn. The molecule has 0 spiro atoms. The second-order valence-electron chi connectivity index (χ2n) is 1.39. The fourth-order valence-electron chi connectivity index (χ4n) is 0.173. The molecule has 10 heteroatoms. The third-order valence-corrected chi connectivity index (χ3v) is 4.70. The fourth-order valence-corrected chi connectivity index (χ4v) is 1.56. The summed E-state index contributed by atoms with van der Waals surface area (Å²) in [4.78, 5) is 36.1. The first-order valence-corrected chi connectivity index (χ1v) is 5.49. The molecule has 0 aliphatic carbocycles. The molecule has 6 nitrogen and oxygen atoms in total. The van der Waals surface area contributed by atoms with E-state index in [-0.39, 0.29) is 23.9 Å². The van der Waals surface area contributed by atoms with Crippen LogP contribution in [-0.4, -0.2) is 28.8 Å². The van der Waals surface area contributed by atoms with Crippen LogP contribution in [0.5, 0.6) is 0 Å². The average Bonchev–Trinajstić information content (AvgIpc) is 1.59. The maximum absolute atomic E-state index is 9.75. The smallest absolute Gasteiger partial charge is 0.809 e. The first-order valence-electron chi connectivity index (χ1n) is 1.83. The molecule has 0 radical (unpaired) electrons. The van der Waals surface area contributed by atoms with Crippen molar-refractivity contribution in [1.29, 1.82) is 0 Å². The molecule has 62 valence electrons. The molecule has 0 fully saturated rings. The zero-order valence-corrected chi connectivity index (χ0v) is 10.2. The van der Waals surface area contributed by atoms with Crippen molar-refractivity contribution in [3.05, 3.63) is 0 Å². The summed E-state index contributed by atoms with van der Waals surface area (Å²) in [6.45, 7) is 0. The van der Waals surface area contributed by atoms with Crippen molar-refractivity contribution < 1.29 is 28.7 Å². The molecule has 0 bridgehead atoms. The minimum atomic E-state index is -5.50. The Balaban J connectivity index is 0. The molecule has 0 aliphatic heterocycles. The predicted molar refractivity (Wildman–Crippen MR) is 30.6 cm³/mol. The van der Waals surface area contributed by atoms with E-state index < -0.39 is 20.1 Å². The Hall–Kier alpha value is 1.39. The van der Waals surface area contributed by atoms with Gasteiger partial charge in [0.2, 0.25) is 0 Å². The van der Waals surface area contributed by atoms with Gasteiger partial charge < -0.3 is 28.7 Å². The fraction of sp³-hybridized carbons (Fsp3) is 1.00. The van der Waals surface area contributed by atoms with Crippen molar-refractivity contribution in [3.63, 3.8) is 0 Å². The molecule has 0 N–H and O–H groups in total. The van der Waals surface area contributed by atoms with Crippen LogP contribution < -0.4 is 19.6 Å². The number of hydrogen-bond acceptors (Lipinski definition) is 6. The SMILES string of the molecule is O=P([O-])([O-])C(Cl)P(=O)([O-])[O-].[Sn+4]. The molecule has 0 amide bonds. The molecule has 0 aromatic carbocycles. The largest absolute Gasteiger partial charge is 4.00 e. The molecule has 0 heterocycles. The zero-order chi connectivity index (χ0) is 8.58. The predicted octanol–water partition coefficient (Wildman–Crippen LogP) is -3.04. The quantitative estimate of drug-likeness (QED) is 0.302. The number of alkyl halides is 1. The standard InChI is InChI=1S/CH5ClO6P2.Sn/c2-1(9(3,4)5)10(6,7)8;/h1H,(H2,3,4,5)(H2,6,7,8);/q;+4/p-4. The third-order valence-electron chi connectivity index (χ3n) is 0.522. The Labute approximate surface area is 84.2 Å². The summed E-state index contributed by atoms with van der Waals surface area (Å²) in [6.07, 6.45) is 0. The van der Waals surface area contributed by atoms with E-state index >= 15 is 0 Å². The van der Waals surface area contributed by atoms with E-state index in [0.717, 1.165) is 0 Å². The van der Waals surface area contributed by atoms with Crippen molar-refractivity contribution in [2.45, 2.75) is 4.86 Å². The minimum absolute atomic E-state index is 0. The van der Waals surface area contributed by atoms with Gasteiger partial charge in [0.15, 0.2) is 0 Å². The van der Waals surface area contributed by atoms with Gasteiger partial charge in [0.05, 0.1) is 4.86 Å². The van der Waals surface area contributed by atoms with Gasteiger partial charge in [-0.15, -0.1) is 11.6 Å². The molecule has 0 aromatic heterocycles. The van der Waals surface area contributed by atoms with Crippen molar-refractivity contribution in [2.75, 3.05) is 0 Å². The molecule has 0 aromatic rings. The maximum atomic E-state index is 9.75. The van der Waals surface area contributed by atoms with Gasteiger partial charge in [-0.05, 0) is 15.2 Å². The van der Waals surface area contributed by atoms with Crippen LogP contribution in [-0.2, 0) is 9.13 Å². The second-order valence-corrected chi connectivity index (χ2v) is 6.03. The Bertz CT molecular complexity index is 183. The van der Waals surface area contributed by atoms with Crippen LogP contribution in [0.15, 0.2) is 0 Å². The molecular weight excluding hydrogens is 324 g/mol. The second kappa shape index (κ2) is 4.58. The van der Waals surface area contributed by atoms with E-state index in [1.807, 2.05) is 0 Å². The monoisotopic (exact) mass is 326 g/mol. The van der Waals surface area contributed by atoms with Gasteiger partial charge in [-0.2, -0.15) is 0 Å². The van der Waals surface area contributed by atoms with Crippen molar-refractivity contribution in [2.24, 2.45) is 0 Å². The summed E-state index contributed by atoms with van der Waals surface area (Å²) in [5.74, 6) is 0. The number of rotatable bonds is 2. The van der Waals surface area contributed by atoms with Gasteiger partial charge in [0.1, 0.15) is 0 Å². The molecule has 0 unspecified atom stereocenters. The van der Waals surface area contributed by atoms with Gasteiger partial charge >= 0.3 is 23.9 Å². The minimum Gasteiger partial charge on any atom is -0.809 e. The van der Waals surface area contributed by atoms with Crippen LogP contribution in [0.25, 0.3) is 0 Å². The van der Waals surface area contributed by atoms with Crippen molar-refractivity contribution >= 4 is 50.7 Å². The van der Waals surface area contributed by atoms with Gasteiger partial charge in [0, 0.05) is 0 Å². The third kappa shape index (κ3) is 5.60. The molecule has 0 aliphatic rings. The van der Waals surface area contributed by atoms with Crippen LogP contribution in [0.1, 0.15) is 0 Å². The number of hydrogen-bond donors (Lipinski definition) is 0. The Morgan fingerprint density at radius 2 is 1.18 bits per heavy atom. The molecule has 11 heavy (non-hydrogen) atoms. The van der Waals surface area contributed by atoms with Crippen LogP contribution in [0.3, 0.4) is 0 Å². The summed E-state index contributed by atoms with van der Waals surface area (Å²) in [5.41, 5.74) is 0. The van der Waals surface area contributed by atoms with Crippen LogP contribution in [0.4, 0.5) is 0 Å². The van der Waals surface area contributed by atoms with E-state index in [4.69, 9.17) is 0 Å². The summed E-state index contributed by atoms with van der Waals surface area (Å²) in [7, 11) is -11.0.